The van der Waals surface area contributed by atoms with Gasteiger partial charge >= 0.3 is 15.6 Å². The fourth-order valence-electron chi connectivity index (χ4n) is 5.99. The van der Waals surface area contributed by atoms with Gasteiger partial charge in [0.1, 0.15) is 17.2 Å². The lowest BCUT2D eigenvalue weighted by molar-refractivity contribution is -0.118. The molecule has 45 heavy (non-hydrogen) atoms. The summed E-state index contributed by atoms with van der Waals surface area (Å²) in [6, 6.07) is 3.46. The average Bonchev–Trinajstić information content (AvgIpc) is 3.61. The molecule has 2 aromatic heterocycles. The second kappa shape index (κ2) is 13.3. The van der Waals surface area contributed by atoms with Crippen LogP contribution in [0.15, 0.2) is 12.1 Å². The van der Waals surface area contributed by atoms with Crippen molar-refractivity contribution in [3.8, 4) is 0 Å². The van der Waals surface area contributed by atoms with Crippen molar-refractivity contribution >= 4 is 27.7 Å². The van der Waals surface area contributed by atoms with Crippen molar-refractivity contribution in [2.45, 2.75) is 50.1 Å². The van der Waals surface area contributed by atoms with Crippen LogP contribution >= 0.6 is 0 Å². The molecule has 0 saturated carbocycles. The van der Waals surface area contributed by atoms with Crippen molar-refractivity contribution in [1.82, 2.24) is 29.6 Å². The van der Waals surface area contributed by atoms with Crippen LogP contribution in [0.5, 0.6) is 0 Å². The number of fused-ring (bicyclic) bond motifs is 2. The quantitative estimate of drug-likeness (QED) is 0.374. The van der Waals surface area contributed by atoms with Crippen LogP contribution in [0.25, 0.3) is 0 Å². The van der Waals surface area contributed by atoms with Gasteiger partial charge in [-0.1, -0.05) is 0 Å². The van der Waals surface area contributed by atoms with Crippen LogP contribution in [-0.2, 0) is 44.8 Å². The minimum Gasteiger partial charge on any atom is -0.354 e. The lowest BCUT2D eigenvalue weighted by Gasteiger charge is -2.32. The first-order valence-electron chi connectivity index (χ1n) is 15.1. The summed E-state index contributed by atoms with van der Waals surface area (Å²) in [6.45, 7) is 6.16. The van der Waals surface area contributed by atoms with Crippen LogP contribution in [-0.4, -0.2) is 134 Å². The highest BCUT2D eigenvalue weighted by Crippen LogP contribution is 2.31. The number of hydrogen-bond acceptors (Lipinski definition) is 8. The Morgan fingerprint density at radius 1 is 0.800 bits per heavy atom. The molecule has 6 rings (SSSR count). The third-order valence-electron chi connectivity index (χ3n) is 8.78. The highest BCUT2D eigenvalue weighted by atomic mass is 32.2. The Morgan fingerprint density at radius 2 is 1.29 bits per heavy atom. The number of H-pyrrole nitrogens is 2. The summed E-state index contributed by atoms with van der Waals surface area (Å²) in [5.41, 5.74) is -0.981. The molecule has 248 valence electrons. The molecule has 0 spiro atoms. The van der Waals surface area contributed by atoms with Gasteiger partial charge in [0.25, 0.3) is 11.8 Å². The topological polar surface area (TPSA) is 139 Å². The van der Waals surface area contributed by atoms with E-state index >= 15 is 0 Å². The van der Waals surface area contributed by atoms with Crippen LogP contribution in [0.4, 0.5) is 13.2 Å². The number of piperazine rings is 2. The van der Waals surface area contributed by atoms with Crippen LogP contribution in [0.2, 0.25) is 0 Å². The number of nitrogens with zero attached hydrogens (tertiary/aromatic N) is 4. The summed E-state index contributed by atoms with van der Waals surface area (Å²) in [5, 5.41) is 0. The Morgan fingerprint density at radius 3 is 1.80 bits per heavy atom. The second-order valence-electron chi connectivity index (χ2n) is 12.1. The maximum absolute atomic E-state index is 12.6. The van der Waals surface area contributed by atoms with Gasteiger partial charge in [-0.2, -0.15) is 21.6 Å². The smallest absolute Gasteiger partial charge is 0.354 e. The van der Waals surface area contributed by atoms with Gasteiger partial charge in [-0.05, 0) is 56.6 Å². The van der Waals surface area contributed by atoms with E-state index in [1.54, 1.807) is 11.0 Å². The molecule has 0 bridgehead atoms. The number of aryl methyl sites for hydroxylation is 2. The number of aromatic nitrogens is 2. The lowest BCUT2D eigenvalue weighted by atomic mass is 9.95. The van der Waals surface area contributed by atoms with Crippen LogP contribution < -0.4 is 0 Å². The van der Waals surface area contributed by atoms with Crippen LogP contribution in [0, 0.1) is 0 Å². The first kappa shape index (κ1) is 33.2. The number of Topliss-reactive ketones (excluding diaryl/α,β-unsaturated/α-hetero) is 1. The molecule has 2 amide bonds. The van der Waals surface area contributed by atoms with Crippen molar-refractivity contribution in [3.05, 3.63) is 46.0 Å². The van der Waals surface area contributed by atoms with Gasteiger partial charge < -0.3 is 29.6 Å². The molecule has 2 N–H and O–H groups in total. The fraction of sp³-hybridized carbons (Fsp3) is 0.621. The number of nitrogens with one attached hydrogen (secondary N) is 2. The van der Waals surface area contributed by atoms with E-state index in [1.807, 2.05) is 18.0 Å². The minimum absolute atomic E-state index is 0.0111. The Hall–Kier alpha value is -3.21. The molecule has 1 atom stereocenters. The van der Waals surface area contributed by atoms with Gasteiger partial charge in [-0.25, -0.2) is 0 Å². The number of likely N-dealkylation sites (N-methyl/N-ethyl adjacent to an activating group) is 2. The normalized spacial score (nSPS) is 21.5. The number of halogens is 3. The van der Waals surface area contributed by atoms with Gasteiger partial charge in [0, 0.05) is 83.0 Å². The van der Waals surface area contributed by atoms with E-state index in [9.17, 15) is 36.0 Å². The van der Waals surface area contributed by atoms with E-state index in [0.29, 0.717) is 49.3 Å². The molecular formula is C29H39F3N6O6S. The van der Waals surface area contributed by atoms with Gasteiger partial charge in [0.05, 0.1) is 6.10 Å². The SMILES string of the molecule is CN1CCN(C(=O)c2cc3c([nH]2)CCC(=O)C3)CC1.CN1CCN(C(=O)c2cc3c([nH]2)CCC(OS(=O)(=O)C(F)(F)F)C3)CC1. The summed E-state index contributed by atoms with van der Waals surface area (Å²) < 4.78 is 64.0. The van der Waals surface area contributed by atoms with Crippen molar-refractivity contribution < 1.29 is 40.2 Å². The van der Waals surface area contributed by atoms with Crippen molar-refractivity contribution in [2.75, 3.05) is 66.5 Å². The third kappa shape index (κ3) is 7.79. The van der Waals surface area contributed by atoms with E-state index in [4.69, 9.17) is 0 Å². The van der Waals surface area contributed by atoms with E-state index in [-0.39, 0.29) is 30.4 Å². The first-order valence-corrected chi connectivity index (χ1v) is 16.5. The van der Waals surface area contributed by atoms with Gasteiger partial charge in [0.2, 0.25) is 0 Å². The highest BCUT2D eigenvalue weighted by molar-refractivity contribution is 7.87. The molecule has 4 aliphatic rings. The molecule has 2 saturated heterocycles. The lowest BCUT2D eigenvalue weighted by Crippen LogP contribution is -2.47. The summed E-state index contributed by atoms with van der Waals surface area (Å²) in [6.07, 6.45) is 1.18. The summed E-state index contributed by atoms with van der Waals surface area (Å²) in [7, 11) is -1.58. The number of amides is 2. The predicted molar refractivity (Wildman–Crippen MR) is 157 cm³/mol. The van der Waals surface area contributed by atoms with E-state index < -0.39 is 21.7 Å². The Kier molecular flexibility index (Phi) is 9.77. The van der Waals surface area contributed by atoms with Crippen LogP contribution in [0.1, 0.15) is 56.3 Å². The molecule has 4 heterocycles. The summed E-state index contributed by atoms with van der Waals surface area (Å²) in [5.74, 6) is 0.174. The molecule has 0 radical (unpaired) electrons. The number of rotatable bonds is 4. The molecular weight excluding hydrogens is 617 g/mol. The average molecular weight is 657 g/mol. The minimum atomic E-state index is -5.62. The zero-order valence-corrected chi connectivity index (χ0v) is 26.2. The molecule has 1 unspecified atom stereocenters. The monoisotopic (exact) mass is 656 g/mol. The zero-order valence-electron chi connectivity index (χ0n) is 25.4. The molecule has 2 aliphatic heterocycles. The number of aromatic amines is 2. The highest BCUT2D eigenvalue weighted by Gasteiger charge is 2.49. The van der Waals surface area contributed by atoms with E-state index in [0.717, 1.165) is 62.6 Å². The first-order chi connectivity index (χ1) is 21.2. The molecule has 12 nitrogen and oxygen atoms in total. The number of carbonyl (C=O) groups is 3. The number of ketones is 1. The van der Waals surface area contributed by atoms with Gasteiger partial charge in [0.15, 0.2) is 0 Å². The molecule has 2 aliphatic carbocycles. The number of hydrogen-bond donors (Lipinski definition) is 2. The van der Waals surface area contributed by atoms with Gasteiger partial charge in [-0.15, -0.1) is 0 Å². The fourth-order valence-corrected chi connectivity index (χ4v) is 6.62. The number of carbonyl (C=O) groups excluding carboxylic acids is 3. The standard InChI is InChI=1S/C15H20F3N3O4S.C14H19N3O2/c1-20-4-6-21(7-5-20)14(22)13-9-10-8-11(2-3-12(10)19-13)25-26(23,24)15(16,17)18;1-16-4-6-17(7-5-16)14(19)13-9-10-8-11(18)2-3-12(10)15-13/h9,11,19H,2-8H2,1H3;9,15H,2-8H2,1H3. The number of alkyl halides is 3. The maximum Gasteiger partial charge on any atom is 0.523 e. The summed E-state index contributed by atoms with van der Waals surface area (Å²) >= 11 is 0. The largest absolute Gasteiger partial charge is 0.523 e. The zero-order chi connectivity index (χ0) is 32.5. The molecule has 2 aromatic rings. The van der Waals surface area contributed by atoms with Crippen molar-refractivity contribution in [1.29, 1.82) is 0 Å². The van der Waals surface area contributed by atoms with E-state index in [1.165, 1.54) is 0 Å². The predicted octanol–water partition coefficient (Wildman–Crippen LogP) is 1.59. The Bertz CT molecular complexity index is 1520. The molecule has 16 heteroatoms. The van der Waals surface area contributed by atoms with Crippen molar-refractivity contribution in [2.24, 2.45) is 0 Å². The molecule has 0 aromatic carbocycles. The maximum atomic E-state index is 12.6. The Labute approximate surface area is 260 Å². The third-order valence-corrected chi connectivity index (χ3v) is 9.87. The van der Waals surface area contributed by atoms with Crippen LogP contribution in [0.3, 0.4) is 0 Å². The molecule has 2 fully saturated rings. The summed E-state index contributed by atoms with van der Waals surface area (Å²) in [4.78, 5) is 50.6. The second-order valence-corrected chi connectivity index (χ2v) is 13.7. The Balaban J connectivity index is 0.000000186. The van der Waals surface area contributed by atoms with E-state index in [2.05, 4.69) is 31.0 Å². The van der Waals surface area contributed by atoms with Gasteiger partial charge in [-0.3, -0.25) is 18.6 Å². The van der Waals surface area contributed by atoms with Crippen molar-refractivity contribution in [3.63, 3.8) is 0 Å².